The summed E-state index contributed by atoms with van der Waals surface area (Å²) in [6.07, 6.45) is 0. The largest absolute Gasteiger partial charge is 0.493 e. The van der Waals surface area contributed by atoms with Crippen molar-refractivity contribution < 1.29 is 14.4 Å². The molecule has 28 heavy (non-hydrogen) atoms. The second kappa shape index (κ2) is 9.36. The normalized spacial score (nSPS) is 15.4. The highest BCUT2D eigenvalue weighted by molar-refractivity contribution is 9.10. The Morgan fingerprint density at radius 3 is 2.18 bits per heavy atom. The van der Waals surface area contributed by atoms with Gasteiger partial charge in [-0.25, -0.2) is 0 Å². The molecule has 0 atom stereocenters. The van der Waals surface area contributed by atoms with Gasteiger partial charge < -0.3 is 9.47 Å². The third kappa shape index (κ3) is 5.01. The summed E-state index contributed by atoms with van der Waals surface area (Å²) in [7, 11) is 3.01. The average Bonchev–Trinajstić information content (AvgIpc) is 2.69. The van der Waals surface area contributed by atoms with Gasteiger partial charge in [0.05, 0.1) is 25.2 Å². The van der Waals surface area contributed by atoms with Crippen LogP contribution in [0, 0.1) is 10.1 Å². The molecule has 1 saturated heterocycles. The van der Waals surface area contributed by atoms with Gasteiger partial charge >= 0.3 is 0 Å². The van der Waals surface area contributed by atoms with E-state index in [2.05, 4.69) is 37.9 Å². The summed E-state index contributed by atoms with van der Waals surface area (Å²) in [5, 5.41) is 11.5. The molecule has 3 rings (SSSR count). The predicted molar refractivity (Wildman–Crippen MR) is 111 cm³/mol. The molecule has 7 nitrogen and oxygen atoms in total. The third-order valence-electron chi connectivity index (χ3n) is 4.94. The number of benzene rings is 2. The summed E-state index contributed by atoms with van der Waals surface area (Å²) in [6.45, 7) is 4.99. The zero-order valence-corrected chi connectivity index (χ0v) is 17.6. The van der Waals surface area contributed by atoms with Crippen LogP contribution in [0.4, 0.5) is 5.69 Å². The van der Waals surface area contributed by atoms with Crippen molar-refractivity contribution in [2.75, 3.05) is 40.4 Å². The Balaban J connectivity index is 1.65. The van der Waals surface area contributed by atoms with E-state index in [0.717, 1.165) is 37.2 Å². The van der Waals surface area contributed by atoms with Crippen molar-refractivity contribution in [3.05, 3.63) is 62.1 Å². The lowest BCUT2D eigenvalue weighted by atomic mass is 10.1. The van der Waals surface area contributed by atoms with E-state index < -0.39 is 0 Å². The number of hydrogen-bond donors (Lipinski definition) is 0. The molecule has 0 amide bonds. The standard InChI is InChI=1S/C20H24BrN3O4/c1-27-19-11-16(18(24(25)26)12-20(19)28-2)14-23-8-6-22(7-9-23)13-15-4-3-5-17(21)10-15/h3-5,10-12H,6-9,13-14H2,1-2H3. The molecule has 0 unspecified atom stereocenters. The predicted octanol–water partition coefficient (Wildman–Crippen LogP) is 3.69. The number of piperazine rings is 1. The van der Waals surface area contributed by atoms with Gasteiger partial charge in [0.1, 0.15) is 0 Å². The van der Waals surface area contributed by atoms with Gasteiger partial charge in [-0.1, -0.05) is 28.1 Å². The molecule has 0 bridgehead atoms. The Labute approximate surface area is 173 Å². The average molecular weight is 450 g/mol. The van der Waals surface area contributed by atoms with E-state index in [4.69, 9.17) is 9.47 Å². The number of nitro groups is 1. The van der Waals surface area contributed by atoms with E-state index >= 15 is 0 Å². The summed E-state index contributed by atoms with van der Waals surface area (Å²) in [5.41, 5.74) is 1.98. The van der Waals surface area contributed by atoms with Crippen LogP contribution in [0.1, 0.15) is 11.1 Å². The molecule has 1 heterocycles. The molecule has 1 aliphatic heterocycles. The van der Waals surface area contributed by atoms with Crippen LogP contribution in [-0.2, 0) is 13.1 Å². The Morgan fingerprint density at radius 2 is 1.61 bits per heavy atom. The minimum absolute atomic E-state index is 0.0641. The van der Waals surface area contributed by atoms with Crippen LogP contribution in [0.2, 0.25) is 0 Å². The van der Waals surface area contributed by atoms with Crippen molar-refractivity contribution in [1.29, 1.82) is 0 Å². The zero-order chi connectivity index (χ0) is 20.1. The molecule has 8 heteroatoms. The Hall–Kier alpha value is -2.16. The molecule has 1 aliphatic rings. The number of nitro benzene ring substituents is 1. The number of methoxy groups -OCH3 is 2. The fourth-order valence-electron chi connectivity index (χ4n) is 3.45. The van der Waals surface area contributed by atoms with Crippen LogP contribution < -0.4 is 9.47 Å². The second-order valence-corrected chi connectivity index (χ2v) is 7.69. The first-order valence-electron chi connectivity index (χ1n) is 9.08. The van der Waals surface area contributed by atoms with Crippen LogP contribution in [0.25, 0.3) is 0 Å². The SMILES string of the molecule is COc1cc(CN2CCN(Cc3cccc(Br)c3)CC2)c([N+](=O)[O-])cc1OC. The smallest absolute Gasteiger partial charge is 0.277 e. The number of ether oxygens (including phenoxy) is 2. The van der Waals surface area contributed by atoms with Crippen molar-refractivity contribution in [3.8, 4) is 11.5 Å². The highest BCUT2D eigenvalue weighted by Gasteiger charge is 2.23. The minimum atomic E-state index is -0.360. The highest BCUT2D eigenvalue weighted by atomic mass is 79.9. The first kappa shape index (κ1) is 20.6. The maximum absolute atomic E-state index is 11.5. The van der Waals surface area contributed by atoms with Crippen molar-refractivity contribution in [1.82, 2.24) is 9.80 Å². The molecule has 0 spiro atoms. The fraction of sp³-hybridized carbons (Fsp3) is 0.400. The molecule has 0 radical (unpaired) electrons. The van der Waals surface area contributed by atoms with Crippen molar-refractivity contribution in [3.63, 3.8) is 0 Å². The van der Waals surface area contributed by atoms with E-state index in [1.54, 1.807) is 6.07 Å². The lowest BCUT2D eigenvalue weighted by molar-refractivity contribution is -0.385. The van der Waals surface area contributed by atoms with E-state index in [9.17, 15) is 10.1 Å². The number of halogens is 1. The Kier molecular flexibility index (Phi) is 6.88. The van der Waals surface area contributed by atoms with E-state index in [1.807, 2.05) is 12.1 Å². The summed E-state index contributed by atoms with van der Waals surface area (Å²) in [5.74, 6) is 0.883. The number of rotatable bonds is 7. The van der Waals surface area contributed by atoms with Gasteiger partial charge in [-0.3, -0.25) is 19.9 Å². The molecule has 0 aromatic heterocycles. The van der Waals surface area contributed by atoms with Crippen molar-refractivity contribution in [2.24, 2.45) is 0 Å². The molecular weight excluding hydrogens is 426 g/mol. The summed E-state index contributed by atoms with van der Waals surface area (Å²) in [4.78, 5) is 15.8. The molecule has 2 aromatic carbocycles. The number of nitrogens with zero attached hydrogens (tertiary/aromatic N) is 3. The van der Waals surface area contributed by atoms with E-state index in [0.29, 0.717) is 23.6 Å². The topological polar surface area (TPSA) is 68.1 Å². The molecule has 0 N–H and O–H groups in total. The zero-order valence-electron chi connectivity index (χ0n) is 16.1. The highest BCUT2D eigenvalue weighted by Crippen LogP contribution is 2.35. The monoisotopic (exact) mass is 449 g/mol. The minimum Gasteiger partial charge on any atom is -0.493 e. The molecular formula is C20H24BrN3O4. The van der Waals surface area contributed by atoms with Crippen LogP contribution in [0.15, 0.2) is 40.9 Å². The van der Waals surface area contributed by atoms with E-state index in [1.165, 1.54) is 25.8 Å². The lowest BCUT2D eigenvalue weighted by Gasteiger charge is -2.34. The van der Waals surface area contributed by atoms with Gasteiger partial charge in [-0.15, -0.1) is 0 Å². The Morgan fingerprint density at radius 1 is 1.00 bits per heavy atom. The van der Waals surface area contributed by atoms with Crippen molar-refractivity contribution >= 4 is 21.6 Å². The maximum Gasteiger partial charge on any atom is 0.277 e. The first-order chi connectivity index (χ1) is 13.5. The van der Waals surface area contributed by atoms with Gasteiger partial charge in [0.2, 0.25) is 0 Å². The van der Waals surface area contributed by atoms with E-state index in [-0.39, 0.29) is 10.6 Å². The first-order valence-corrected chi connectivity index (χ1v) is 9.88. The van der Waals surface area contributed by atoms with Crippen LogP contribution in [-0.4, -0.2) is 55.1 Å². The van der Waals surface area contributed by atoms with Gasteiger partial charge in [0.25, 0.3) is 5.69 Å². The van der Waals surface area contributed by atoms with Crippen LogP contribution in [0.5, 0.6) is 11.5 Å². The molecule has 150 valence electrons. The molecule has 0 saturated carbocycles. The molecule has 2 aromatic rings. The quantitative estimate of drug-likeness (QED) is 0.474. The lowest BCUT2D eigenvalue weighted by Crippen LogP contribution is -2.45. The molecule has 1 fully saturated rings. The Bertz CT molecular complexity index is 838. The van der Waals surface area contributed by atoms with Gasteiger partial charge in [0.15, 0.2) is 11.5 Å². The van der Waals surface area contributed by atoms with Crippen molar-refractivity contribution in [2.45, 2.75) is 13.1 Å². The van der Waals surface area contributed by atoms with Gasteiger partial charge in [0, 0.05) is 49.3 Å². The molecule has 0 aliphatic carbocycles. The second-order valence-electron chi connectivity index (χ2n) is 6.78. The van der Waals surface area contributed by atoms with Crippen LogP contribution >= 0.6 is 15.9 Å². The summed E-state index contributed by atoms with van der Waals surface area (Å²) >= 11 is 3.51. The number of hydrogen-bond acceptors (Lipinski definition) is 6. The third-order valence-corrected chi connectivity index (χ3v) is 5.43. The summed E-state index contributed by atoms with van der Waals surface area (Å²) in [6, 6.07) is 11.5. The summed E-state index contributed by atoms with van der Waals surface area (Å²) < 4.78 is 11.6. The van der Waals surface area contributed by atoms with Gasteiger partial charge in [-0.05, 0) is 23.8 Å². The maximum atomic E-state index is 11.5. The fourth-order valence-corrected chi connectivity index (χ4v) is 3.89. The van der Waals surface area contributed by atoms with Crippen LogP contribution in [0.3, 0.4) is 0 Å². The van der Waals surface area contributed by atoms with Gasteiger partial charge in [-0.2, -0.15) is 0 Å².